The summed E-state index contributed by atoms with van der Waals surface area (Å²) in [4.78, 5) is 4.55. The zero-order valence-corrected chi connectivity index (χ0v) is 33.7. The van der Waals surface area contributed by atoms with Crippen molar-refractivity contribution < 1.29 is 0 Å². The minimum absolute atomic E-state index is 1.13. The molecular formula is C59H37N3. The largest absolute Gasteiger partial charge is 0.309 e. The summed E-state index contributed by atoms with van der Waals surface area (Å²) in [5.41, 5.74) is 14.2. The van der Waals surface area contributed by atoms with Crippen LogP contribution in [0.2, 0.25) is 0 Å². The van der Waals surface area contributed by atoms with Crippen LogP contribution in [-0.2, 0) is 0 Å². The van der Waals surface area contributed by atoms with Crippen molar-refractivity contribution in [1.82, 2.24) is 14.1 Å². The van der Waals surface area contributed by atoms with Crippen molar-refractivity contribution in [2.75, 3.05) is 0 Å². The van der Waals surface area contributed by atoms with Gasteiger partial charge in [-0.1, -0.05) is 152 Å². The minimum atomic E-state index is 1.13. The van der Waals surface area contributed by atoms with E-state index in [1.54, 1.807) is 0 Å². The molecule has 0 aliphatic rings. The zero-order valence-electron chi connectivity index (χ0n) is 33.7. The van der Waals surface area contributed by atoms with Crippen molar-refractivity contribution in [2.24, 2.45) is 0 Å². The third-order valence-electron chi connectivity index (χ3n) is 13.0. The quantitative estimate of drug-likeness (QED) is 0.159. The van der Waals surface area contributed by atoms with E-state index in [2.05, 4.69) is 226 Å². The number of hydrogen-bond donors (Lipinski definition) is 0. The molecule has 0 radical (unpaired) electrons. The summed E-state index contributed by atoms with van der Waals surface area (Å²) < 4.78 is 4.79. The van der Waals surface area contributed by atoms with Gasteiger partial charge in [-0.2, -0.15) is 0 Å². The number of hydrogen-bond acceptors (Lipinski definition) is 1. The van der Waals surface area contributed by atoms with E-state index in [1.807, 2.05) is 12.4 Å². The van der Waals surface area contributed by atoms with Crippen LogP contribution in [0.3, 0.4) is 0 Å². The number of fused-ring (bicyclic) bond motifs is 12. The molecule has 3 aromatic heterocycles. The molecule has 0 aliphatic heterocycles. The summed E-state index contributed by atoms with van der Waals surface area (Å²) in [6.45, 7) is 0. The molecule has 0 spiro atoms. The monoisotopic (exact) mass is 787 g/mol. The maximum atomic E-state index is 4.55. The summed E-state index contributed by atoms with van der Waals surface area (Å²) in [5.74, 6) is 0. The Morgan fingerprint density at radius 2 is 0.661 bits per heavy atom. The summed E-state index contributed by atoms with van der Waals surface area (Å²) in [5, 5.41) is 12.5. The highest BCUT2D eigenvalue weighted by atomic mass is 15.0. The number of pyridine rings is 1. The van der Waals surface area contributed by atoms with Crippen LogP contribution in [0.15, 0.2) is 225 Å². The second-order valence-corrected chi connectivity index (χ2v) is 16.4. The molecule has 3 heteroatoms. The highest BCUT2D eigenvalue weighted by Crippen LogP contribution is 2.40. The van der Waals surface area contributed by atoms with Crippen LogP contribution in [0.4, 0.5) is 0 Å². The molecule has 62 heavy (non-hydrogen) atoms. The standard InChI is InChI=1S/C59H37N3/c1-2-10-38(11-3-1)39-22-26-44(27-23-39)61-58-31-25-43(35-54(58)55-37-60-33-32-59(55)61)41-20-18-40(19-21-41)42-24-30-57-53(34-42)51-16-8-9-17-56(51)62(57)45-28-29-50-48-14-5-4-12-46(48)47-13-6-7-15-49(47)52(50)36-45/h1-37H. The first-order valence-electron chi connectivity index (χ1n) is 21.3. The first kappa shape index (κ1) is 34.6. The van der Waals surface area contributed by atoms with E-state index in [4.69, 9.17) is 0 Å². The molecule has 0 bridgehead atoms. The normalized spacial score (nSPS) is 11.9. The Morgan fingerprint density at radius 1 is 0.242 bits per heavy atom. The lowest BCUT2D eigenvalue weighted by Crippen LogP contribution is -1.94. The highest BCUT2D eigenvalue weighted by Gasteiger charge is 2.17. The third kappa shape index (κ3) is 5.28. The second kappa shape index (κ2) is 13.6. The van der Waals surface area contributed by atoms with Gasteiger partial charge < -0.3 is 9.13 Å². The fourth-order valence-electron chi connectivity index (χ4n) is 10.1. The molecule has 3 nitrogen and oxygen atoms in total. The van der Waals surface area contributed by atoms with Crippen molar-refractivity contribution in [2.45, 2.75) is 0 Å². The van der Waals surface area contributed by atoms with Crippen LogP contribution >= 0.6 is 0 Å². The maximum Gasteiger partial charge on any atom is 0.0571 e. The molecule has 0 unspecified atom stereocenters. The lowest BCUT2D eigenvalue weighted by Gasteiger charge is -2.14. The zero-order chi connectivity index (χ0) is 40.7. The van der Waals surface area contributed by atoms with Gasteiger partial charge in [-0.3, -0.25) is 4.98 Å². The molecule has 0 aliphatic carbocycles. The Kier molecular flexibility index (Phi) is 7.60. The number of nitrogens with zero attached hydrogens (tertiary/aromatic N) is 3. The van der Waals surface area contributed by atoms with Gasteiger partial charge in [0.1, 0.15) is 0 Å². The van der Waals surface area contributed by atoms with Gasteiger partial charge in [-0.25, -0.2) is 0 Å². The van der Waals surface area contributed by atoms with E-state index in [-0.39, 0.29) is 0 Å². The van der Waals surface area contributed by atoms with Crippen molar-refractivity contribution in [3.05, 3.63) is 225 Å². The topological polar surface area (TPSA) is 22.8 Å². The molecule has 0 fully saturated rings. The van der Waals surface area contributed by atoms with Gasteiger partial charge in [0.25, 0.3) is 0 Å². The number of aromatic nitrogens is 3. The summed E-state index contributed by atoms with van der Waals surface area (Å²) in [6.07, 6.45) is 3.88. The molecule has 0 amide bonds. The van der Waals surface area contributed by atoms with Gasteiger partial charge in [0, 0.05) is 45.3 Å². The molecule has 0 saturated heterocycles. The number of benzene rings is 10. The van der Waals surface area contributed by atoms with E-state index in [9.17, 15) is 0 Å². The van der Waals surface area contributed by atoms with Crippen LogP contribution in [0.1, 0.15) is 0 Å². The van der Waals surface area contributed by atoms with E-state index in [1.165, 1.54) is 98.4 Å². The first-order valence-corrected chi connectivity index (χ1v) is 21.3. The van der Waals surface area contributed by atoms with E-state index < -0.39 is 0 Å². The summed E-state index contributed by atoms with van der Waals surface area (Å²) in [6, 6.07) is 77.7. The SMILES string of the molecule is c1ccc(-c2ccc(-n3c4ccncc4c4cc(-c5ccc(-c6ccc7c(c6)c6ccccc6n7-c6ccc7c8ccccc8c8ccccc8c7c6)cc5)ccc43)cc2)cc1. The maximum absolute atomic E-state index is 4.55. The smallest absolute Gasteiger partial charge is 0.0571 e. The van der Waals surface area contributed by atoms with Gasteiger partial charge in [0.2, 0.25) is 0 Å². The van der Waals surface area contributed by atoms with Crippen LogP contribution in [-0.4, -0.2) is 14.1 Å². The Hall–Kier alpha value is -8.27. The van der Waals surface area contributed by atoms with E-state index >= 15 is 0 Å². The van der Waals surface area contributed by atoms with Crippen LogP contribution in [0.25, 0.3) is 121 Å². The van der Waals surface area contributed by atoms with Crippen molar-refractivity contribution in [3.8, 4) is 44.8 Å². The molecular weight excluding hydrogens is 751 g/mol. The fourth-order valence-corrected chi connectivity index (χ4v) is 10.1. The fraction of sp³-hybridized carbons (Fsp3) is 0. The van der Waals surface area contributed by atoms with Gasteiger partial charge >= 0.3 is 0 Å². The third-order valence-corrected chi connectivity index (χ3v) is 13.0. The second-order valence-electron chi connectivity index (χ2n) is 16.4. The minimum Gasteiger partial charge on any atom is -0.309 e. The predicted octanol–water partition coefficient (Wildman–Crippen LogP) is 15.7. The van der Waals surface area contributed by atoms with Crippen molar-refractivity contribution >= 4 is 75.9 Å². The first-order chi connectivity index (χ1) is 30.7. The molecule has 13 aromatic rings. The van der Waals surface area contributed by atoms with Gasteiger partial charge in [-0.05, 0) is 126 Å². The Balaban J connectivity index is 0.874. The van der Waals surface area contributed by atoms with Gasteiger partial charge in [-0.15, -0.1) is 0 Å². The predicted molar refractivity (Wildman–Crippen MR) is 262 cm³/mol. The molecule has 13 rings (SSSR count). The molecule has 0 saturated carbocycles. The van der Waals surface area contributed by atoms with Crippen LogP contribution < -0.4 is 0 Å². The Bertz CT molecular complexity index is 3860. The van der Waals surface area contributed by atoms with Gasteiger partial charge in [0.05, 0.1) is 22.1 Å². The lowest BCUT2D eigenvalue weighted by molar-refractivity contribution is 1.17. The Labute approximate surface area is 358 Å². The number of para-hydroxylation sites is 1. The van der Waals surface area contributed by atoms with Gasteiger partial charge in [0.15, 0.2) is 0 Å². The average Bonchev–Trinajstić information content (AvgIpc) is 3.86. The molecule has 10 aromatic carbocycles. The van der Waals surface area contributed by atoms with Crippen molar-refractivity contribution in [3.63, 3.8) is 0 Å². The van der Waals surface area contributed by atoms with Crippen LogP contribution in [0.5, 0.6) is 0 Å². The number of rotatable bonds is 5. The van der Waals surface area contributed by atoms with E-state index in [0.29, 0.717) is 0 Å². The highest BCUT2D eigenvalue weighted by molar-refractivity contribution is 6.25. The lowest BCUT2D eigenvalue weighted by atomic mass is 9.94. The molecule has 0 atom stereocenters. The van der Waals surface area contributed by atoms with Crippen LogP contribution in [0, 0.1) is 0 Å². The van der Waals surface area contributed by atoms with E-state index in [0.717, 1.165) is 22.3 Å². The summed E-state index contributed by atoms with van der Waals surface area (Å²) in [7, 11) is 0. The Morgan fingerprint density at radius 3 is 1.31 bits per heavy atom. The molecule has 288 valence electrons. The molecule has 0 N–H and O–H groups in total. The van der Waals surface area contributed by atoms with Crippen molar-refractivity contribution in [1.29, 1.82) is 0 Å². The summed E-state index contributed by atoms with van der Waals surface area (Å²) >= 11 is 0. The molecule has 3 heterocycles. The average molecular weight is 788 g/mol.